The SMILES string of the molecule is CC(C)(C)c1ccc(-c2nnc(SCC(=O)N=Nc3c(O)[nH]c4ccccc34)n2-c2ccccc2)cc1. The minimum atomic E-state index is -0.451. The predicted octanol–water partition coefficient (Wildman–Crippen LogP) is 6.82. The van der Waals surface area contributed by atoms with E-state index in [1.54, 1.807) is 6.07 Å². The van der Waals surface area contributed by atoms with Crippen LogP contribution in [0, 0.1) is 0 Å². The summed E-state index contributed by atoms with van der Waals surface area (Å²) in [6.45, 7) is 6.53. The maximum atomic E-state index is 12.6. The van der Waals surface area contributed by atoms with Gasteiger partial charge in [-0.2, -0.15) is 0 Å². The number of nitrogens with one attached hydrogen (secondary N) is 1. The maximum Gasteiger partial charge on any atom is 0.275 e. The van der Waals surface area contributed by atoms with E-state index in [2.05, 4.69) is 58.3 Å². The van der Waals surface area contributed by atoms with Gasteiger partial charge in [0.2, 0.25) is 5.88 Å². The molecule has 3 aromatic carbocycles. The highest BCUT2D eigenvalue weighted by molar-refractivity contribution is 7.99. The zero-order valence-corrected chi connectivity index (χ0v) is 21.5. The number of benzene rings is 3. The van der Waals surface area contributed by atoms with Crippen LogP contribution in [-0.2, 0) is 10.2 Å². The molecule has 9 heteroatoms. The van der Waals surface area contributed by atoms with Gasteiger partial charge < -0.3 is 10.1 Å². The molecule has 2 heterocycles. The van der Waals surface area contributed by atoms with Crippen molar-refractivity contribution in [3.8, 4) is 23.0 Å². The van der Waals surface area contributed by atoms with Gasteiger partial charge in [0.25, 0.3) is 5.91 Å². The Morgan fingerprint density at radius 1 is 0.973 bits per heavy atom. The third-order valence-electron chi connectivity index (χ3n) is 5.90. The summed E-state index contributed by atoms with van der Waals surface area (Å²) in [7, 11) is 0. The van der Waals surface area contributed by atoms with Gasteiger partial charge in [-0.05, 0) is 29.2 Å². The van der Waals surface area contributed by atoms with Crippen LogP contribution in [0.3, 0.4) is 0 Å². The van der Waals surface area contributed by atoms with E-state index in [9.17, 15) is 9.90 Å². The van der Waals surface area contributed by atoms with Crippen LogP contribution in [-0.4, -0.2) is 36.5 Å². The van der Waals surface area contributed by atoms with E-state index in [1.165, 1.54) is 17.3 Å². The predicted molar refractivity (Wildman–Crippen MR) is 146 cm³/mol. The van der Waals surface area contributed by atoms with Crippen molar-refractivity contribution in [1.82, 2.24) is 19.7 Å². The smallest absolute Gasteiger partial charge is 0.275 e. The fraction of sp³-hybridized carbons (Fsp3) is 0.179. The highest BCUT2D eigenvalue weighted by Gasteiger charge is 2.19. The molecule has 0 radical (unpaired) electrons. The number of rotatable bonds is 6. The summed E-state index contributed by atoms with van der Waals surface area (Å²) in [5.74, 6) is 0.122. The average Bonchev–Trinajstić information content (AvgIpc) is 3.46. The van der Waals surface area contributed by atoms with E-state index in [-0.39, 0.29) is 22.7 Å². The zero-order chi connectivity index (χ0) is 26.0. The van der Waals surface area contributed by atoms with Gasteiger partial charge >= 0.3 is 0 Å². The van der Waals surface area contributed by atoms with E-state index in [0.29, 0.717) is 16.4 Å². The third kappa shape index (κ3) is 5.17. The number of hydrogen-bond donors (Lipinski definition) is 2. The second-order valence-electron chi connectivity index (χ2n) is 9.55. The van der Waals surface area contributed by atoms with Crippen molar-refractivity contribution in [1.29, 1.82) is 0 Å². The van der Waals surface area contributed by atoms with Crippen molar-refractivity contribution in [3.63, 3.8) is 0 Å². The normalized spacial score (nSPS) is 12.0. The van der Waals surface area contributed by atoms with Crippen LogP contribution in [0.5, 0.6) is 5.88 Å². The Balaban J connectivity index is 1.39. The molecule has 5 aromatic rings. The molecule has 0 aliphatic rings. The molecule has 0 saturated heterocycles. The van der Waals surface area contributed by atoms with E-state index < -0.39 is 5.91 Å². The zero-order valence-electron chi connectivity index (χ0n) is 20.7. The topological polar surface area (TPSA) is 109 Å². The van der Waals surface area contributed by atoms with Crippen LogP contribution in [0.25, 0.3) is 28.0 Å². The fourth-order valence-electron chi connectivity index (χ4n) is 3.95. The van der Waals surface area contributed by atoms with Crippen LogP contribution in [0.15, 0.2) is 94.2 Å². The van der Waals surface area contributed by atoms with Crippen molar-refractivity contribution in [2.24, 2.45) is 10.2 Å². The molecule has 5 rings (SSSR count). The van der Waals surface area contributed by atoms with Gasteiger partial charge in [-0.1, -0.05) is 93.2 Å². The number of fused-ring (bicyclic) bond motifs is 1. The third-order valence-corrected chi connectivity index (χ3v) is 6.82. The molecule has 2 aromatic heterocycles. The number of para-hydroxylation sites is 2. The van der Waals surface area contributed by atoms with E-state index in [4.69, 9.17) is 0 Å². The Morgan fingerprint density at radius 2 is 1.68 bits per heavy atom. The number of aromatic amines is 1. The number of thioether (sulfide) groups is 1. The summed E-state index contributed by atoms with van der Waals surface area (Å²) >= 11 is 1.23. The molecule has 1 amide bonds. The Kier molecular flexibility index (Phi) is 6.62. The van der Waals surface area contributed by atoms with Crippen LogP contribution in [0.2, 0.25) is 0 Å². The lowest BCUT2D eigenvalue weighted by Crippen LogP contribution is -2.10. The molecule has 2 N–H and O–H groups in total. The summed E-state index contributed by atoms with van der Waals surface area (Å²) in [4.78, 5) is 15.4. The second-order valence-corrected chi connectivity index (χ2v) is 10.5. The van der Waals surface area contributed by atoms with Crippen molar-refractivity contribution < 1.29 is 9.90 Å². The number of nitrogens with zero attached hydrogens (tertiary/aromatic N) is 5. The van der Waals surface area contributed by atoms with Gasteiger partial charge in [0, 0.05) is 16.6 Å². The standard InChI is InChI=1S/C28H26N6O2S/c1-28(2,3)19-15-13-18(14-16-19)25-32-33-27(34(25)20-9-5-4-6-10-20)37-17-23(35)30-31-24-21-11-7-8-12-22(21)29-26(24)36/h4-16,29,36H,17H2,1-3H3. The minimum absolute atomic E-state index is 0.0144. The first-order chi connectivity index (χ1) is 17.8. The highest BCUT2D eigenvalue weighted by Crippen LogP contribution is 2.35. The van der Waals surface area contributed by atoms with Crippen LogP contribution in [0.4, 0.5) is 5.69 Å². The average molecular weight is 511 g/mol. The van der Waals surface area contributed by atoms with Gasteiger partial charge in [0.1, 0.15) is 0 Å². The number of carbonyl (C=O) groups excluding carboxylic acids is 1. The highest BCUT2D eigenvalue weighted by atomic mass is 32.2. The molecule has 0 aliphatic carbocycles. The van der Waals surface area contributed by atoms with E-state index in [0.717, 1.165) is 16.8 Å². The largest absolute Gasteiger partial charge is 0.493 e. The monoisotopic (exact) mass is 510 g/mol. The molecule has 186 valence electrons. The molecular weight excluding hydrogens is 484 g/mol. The first-order valence-electron chi connectivity index (χ1n) is 11.8. The molecule has 0 aliphatic heterocycles. The minimum Gasteiger partial charge on any atom is -0.493 e. The summed E-state index contributed by atoms with van der Waals surface area (Å²) < 4.78 is 1.94. The van der Waals surface area contributed by atoms with Gasteiger partial charge in [-0.25, -0.2) is 0 Å². The summed E-state index contributed by atoms with van der Waals surface area (Å²) in [5.41, 5.74) is 4.05. The summed E-state index contributed by atoms with van der Waals surface area (Å²) in [6, 6.07) is 25.4. The van der Waals surface area contributed by atoms with E-state index >= 15 is 0 Å². The second kappa shape index (κ2) is 10.0. The van der Waals surface area contributed by atoms with Crippen LogP contribution in [0.1, 0.15) is 26.3 Å². The Morgan fingerprint density at radius 3 is 2.41 bits per heavy atom. The lowest BCUT2D eigenvalue weighted by molar-refractivity contribution is -0.115. The van der Waals surface area contributed by atoms with Crippen molar-refractivity contribution in [3.05, 3.63) is 84.4 Å². The quantitative estimate of drug-likeness (QED) is 0.192. The number of H-pyrrole nitrogens is 1. The molecule has 0 fully saturated rings. The Hall–Kier alpha value is -4.24. The summed E-state index contributed by atoms with van der Waals surface area (Å²) in [5, 5.41) is 28.1. The molecule has 0 saturated carbocycles. The number of amides is 1. The van der Waals surface area contributed by atoms with Gasteiger partial charge in [0.15, 0.2) is 16.7 Å². The maximum absolute atomic E-state index is 12.6. The number of carbonyl (C=O) groups is 1. The molecular formula is C28H26N6O2S. The van der Waals surface area contributed by atoms with Crippen LogP contribution < -0.4 is 0 Å². The lowest BCUT2D eigenvalue weighted by Gasteiger charge is -2.19. The first kappa shape index (κ1) is 24.5. The number of aromatic nitrogens is 4. The number of aromatic hydroxyl groups is 1. The molecule has 0 unspecified atom stereocenters. The van der Waals surface area contributed by atoms with Gasteiger partial charge in [0.05, 0.1) is 11.3 Å². The Labute approximate surface area is 218 Å². The molecule has 0 bridgehead atoms. The lowest BCUT2D eigenvalue weighted by atomic mass is 9.87. The van der Waals surface area contributed by atoms with Gasteiger partial charge in [-0.15, -0.1) is 20.4 Å². The number of hydrogen-bond acceptors (Lipinski definition) is 6. The first-order valence-corrected chi connectivity index (χ1v) is 12.8. The fourth-order valence-corrected chi connectivity index (χ4v) is 4.68. The van der Waals surface area contributed by atoms with Crippen LogP contribution >= 0.6 is 11.8 Å². The van der Waals surface area contributed by atoms with Crippen molar-refractivity contribution in [2.75, 3.05) is 5.75 Å². The molecule has 37 heavy (non-hydrogen) atoms. The van der Waals surface area contributed by atoms with E-state index in [1.807, 2.05) is 65.2 Å². The Bertz CT molecular complexity index is 1580. The van der Waals surface area contributed by atoms with Gasteiger partial charge in [-0.3, -0.25) is 9.36 Å². The number of azo groups is 1. The molecule has 0 spiro atoms. The van der Waals surface area contributed by atoms with Crippen molar-refractivity contribution >= 4 is 34.3 Å². The summed E-state index contributed by atoms with van der Waals surface area (Å²) in [6.07, 6.45) is 0. The van der Waals surface area contributed by atoms with Crippen molar-refractivity contribution in [2.45, 2.75) is 31.3 Å². The molecule has 0 atom stereocenters. The molecule has 8 nitrogen and oxygen atoms in total.